The largest absolute Gasteiger partial charge is 0.524 e. The number of benzene rings is 2. The van der Waals surface area contributed by atoms with Gasteiger partial charge in [0.05, 0.1) is 18.9 Å². The molecular weight excluding hydrogens is 441 g/mol. The Morgan fingerprint density at radius 1 is 1.09 bits per heavy atom. The standard InChI is InChI=1S/C24H24N3O5P/c1-15-11-19(31-2)7-6-18(15)5-3-17-12-21-20-8-4-16(9-10-32-33(28,29)30)13-22(20)27-24(25)23(21)26-14-17/h4,6-14H,3,5H2,1-2H3,(H2,25,27)(H2,28,29,30). The monoisotopic (exact) mass is 465 g/mol. The van der Waals surface area contributed by atoms with Gasteiger partial charge >= 0.3 is 7.82 Å². The molecule has 0 aliphatic carbocycles. The van der Waals surface area contributed by atoms with Gasteiger partial charge in [-0.1, -0.05) is 18.2 Å². The molecule has 0 atom stereocenters. The van der Waals surface area contributed by atoms with Gasteiger partial charge in [-0.3, -0.25) is 14.8 Å². The maximum atomic E-state index is 10.8. The number of anilines is 1. The summed E-state index contributed by atoms with van der Waals surface area (Å²) in [6, 6.07) is 13.7. The van der Waals surface area contributed by atoms with Crippen molar-refractivity contribution in [1.82, 2.24) is 9.97 Å². The zero-order valence-electron chi connectivity index (χ0n) is 18.2. The summed E-state index contributed by atoms with van der Waals surface area (Å²) in [5.74, 6) is 1.17. The predicted molar refractivity (Wildman–Crippen MR) is 129 cm³/mol. The molecule has 4 N–H and O–H groups in total. The Balaban J connectivity index is 1.64. The van der Waals surface area contributed by atoms with E-state index in [0.717, 1.165) is 41.2 Å². The first-order valence-corrected chi connectivity index (χ1v) is 11.8. The van der Waals surface area contributed by atoms with E-state index in [-0.39, 0.29) is 0 Å². The van der Waals surface area contributed by atoms with Gasteiger partial charge in [-0.25, -0.2) is 9.55 Å². The van der Waals surface area contributed by atoms with Crippen molar-refractivity contribution in [3.8, 4) is 5.75 Å². The van der Waals surface area contributed by atoms with Gasteiger partial charge in [0.2, 0.25) is 0 Å². The van der Waals surface area contributed by atoms with E-state index in [1.54, 1.807) is 13.2 Å². The lowest BCUT2D eigenvalue weighted by Gasteiger charge is -2.10. The van der Waals surface area contributed by atoms with Crippen LogP contribution in [0.5, 0.6) is 5.75 Å². The maximum Gasteiger partial charge on any atom is 0.524 e. The molecule has 33 heavy (non-hydrogen) atoms. The number of phosphoric acid groups is 1. The second kappa shape index (κ2) is 9.19. The van der Waals surface area contributed by atoms with Crippen molar-refractivity contribution in [2.45, 2.75) is 19.8 Å². The number of phosphoric ester groups is 1. The Morgan fingerprint density at radius 2 is 1.91 bits per heavy atom. The third-order valence-electron chi connectivity index (χ3n) is 5.43. The van der Waals surface area contributed by atoms with Crippen molar-refractivity contribution in [1.29, 1.82) is 0 Å². The van der Waals surface area contributed by atoms with Crippen LogP contribution in [0.25, 0.3) is 27.9 Å². The molecule has 0 fully saturated rings. The van der Waals surface area contributed by atoms with Gasteiger partial charge < -0.3 is 15.0 Å². The lowest BCUT2D eigenvalue weighted by Crippen LogP contribution is -1.99. The fourth-order valence-corrected chi connectivity index (χ4v) is 3.97. The highest BCUT2D eigenvalue weighted by atomic mass is 31.2. The number of nitrogens with two attached hydrogens (primary N) is 1. The van der Waals surface area contributed by atoms with Gasteiger partial charge in [0, 0.05) is 17.0 Å². The number of fused-ring (bicyclic) bond motifs is 3. The minimum Gasteiger partial charge on any atom is -0.497 e. The van der Waals surface area contributed by atoms with E-state index in [9.17, 15) is 4.57 Å². The van der Waals surface area contributed by atoms with Gasteiger partial charge in [-0.05, 0) is 72.4 Å². The molecule has 0 spiro atoms. The number of hydrogen-bond donors (Lipinski definition) is 3. The number of rotatable bonds is 7. The number of nitrogen functional groups attached to an aromatic ring is 1. The molecule has 0 bridgehead atoms. The van der Waals surface area contributed by atoms with Gasteiger partial charge in [0.1, 0.15) is 11.3 Å². The Bertz CT molecular complexity index is 1410. The lowest BCUT2D eigenvalue weighted by atomic mass is 9.99. The van der Waals surface area contributed by atoms with Crippen molar-refractivity contribution in [2.24, 2.45) is 0 Å². The van der Waals surface area contributed by atoms with E-state index in [0.29, 0.717) is 22.4 Å². The number of ether oxygens (including phenoxy) is 1. The van der Waals surface area contributed by atoms with Crippen molar-refractivity contribution in [2.75, 3.05) is 12.8 Å². The van der Waals surface area contributed by atoms with E-state index in [4.69, 9.17) is 20.3 Å². The topological polar surface area (TPSA) is 128 Å². The fourth-order valence-electron chi connectivity index (χ4n) is 3.75. The average Bonchev–Trinajstić information content (AvgIpc) is 2.77. The third kappa shape index (κ3) is 5.31. The fraction of sp³-hybridized carbons (Fsp3) is 0.167. The molecule has 8 nitrogen and oxygen atoms in total. The van der Waals surface area contributed by atoms with Crippen LogP contribution in [0.3, 0.4) is 0 Å². The van der Waals surface area contributed by atoms with Crippen molar-refractivity contribution < 1.29 is 23.6 Å². The van der Waals surface area contributed by atoms with E-state index >= 15 is 0 Å². The van der Waals surface area contributed by atoms with Crippen LogP contribution in [0.4, 0.5) is 5.82 Å². The van der Waals surface area contributed by atoms with Gasteiger partial charge in [-0.15, -0.1) is 0 Å². The summed E-state index contributed by atoms with van der Waals surface area (Å²) in [5, 5.41) is 1.80. The van der Waals surface area contributed by atoms with E-state index < -0.39 is 7.82 Å². The second-order valence-electron chi connectivity index (χ2n) is 7.70. The normalized spacial score (nSPS) is 12.0. The van der Waals surface area contributed by atoms with Gasteiger partial charge in [-0.2, -0.15) is 0 Å². The van der Waals surface area contributed by atoms with Crippen LogP contribution >= 0.6 is 7.82 Å². The molecule has 2 aromatic carbocycles. The van der Waals surface area contributed by atoms with Gasteiger partial charge in [0.15, 0.2) is 5.82 Å². The molecule has 0 saturated carbocycles. The highest BCUT2D eigenvalue weighted by Crippen LogP contribution is 2.36. The van der Waals surface area contributed by atoms with Gasteiger partial charge in [0.25, 0.3) is 0 Å². The van der Waals surface area contributed by atoms with Crippen molar-refractivity contribution in [3.63, 3.8) is 0 Å². The summed E-state index contributed by atoms with van der Waals surface area (Å²) < 4.78 is 20.5. The number of pyridine rings is 2. The van der Waals surface area contributed by atoms with Crippen molar-refractivity contribution in [3.05, 3.63) is 77.2 Å². The molecule has 2 heterocycles. The minimum atomic E-state index is -4.57. The summed E-state index contributed by atoms with van der Waals surface area (Å²) >= 11 is 0. The third-order valence-corrected chi connectivity index (χ3v) is 5.83. The van der Waals surface area contributed by atoms with Crippen molar-refractivity contribution >= 4 is 41.5 Å². The quantitative estimate of drug-likeness (QED) is 0.206. The van der Waals surface area contributed by atoms with Crippen LogP contribution in [-0.4, -0.2) is 26.9 Å². The molecular formula is C24H24N3O5P. The van der Waals surface area contributed by atoms with E-state index in [2.05, 4.69) is 33.5 Å². The summed E-state index contributed by atoms with van der Waals surface area (Å²) in [7, 11) is -2.91. The molecule has 0 amide bonds. The highest BCUT2D eigenvalue weighted by molar-refractivity contribution is 7.46. The smallest absolute Gasteiger partial charge is 0.497 e. The first kappa shape index (κ1) is 22.7. The Labute approximate surface area is 190 Å². The highest BCUT2D eigenvalue weighted by Gasteiger charge is 2.12. The van der Waals surface area contributed by atoms with Crippen LogP contribution in [0.2, 0.25) is 0 Å². The lowest BCUT2D eigenvalue weighted by molar-refractivity contribution is 0.259. The molecule has 0 aliphatic heterocycles. The molecule has 4 rings (SSSR count). The summed E-state index contributed by atoms with van der Waals surface area (Å²) in [4.78, 5) is 26.6. The molecule has 4 aromatic rings. The molecule has 0 saturated heterocycles. The minimum absolute atomic E-state index is 0.322. The second-order valence-corrected chi connectivity index (χ2v) is 8.90. The zero-order valence-corrected chi connectivity index (χ0v) is 19.1. The molecule has 9 heteroatoms. The number of aryl methyl sites for hydroxylation is 3. The van der Waals surface area contributed by atoms with E-state index in [1.807, 2.05) is 30.5 Å². The van der Waals surface area contributed by atoms with E-state index in [1.165, 1.54) is 17.2 Å². The zero-order chi connectivity index (χ0) is 23.6. The summed E-state index contributed by atoms with van der Waals surface area (Å²) in [6.45, 7) is 2.08. The van der Waals surface area contributed by atoms with Crippen LogP contribution in [0.15, 0.2) is 54.9 Å². The maximum absolute atomic E-state index is 10.8. The summed E-state index contributed by atoms with van der Waals surface area (Å²) in [6.07, 6.45) is 5.94. The molecule has 170 valence electrons. The van der Waals surface area contributed by atoms with Crippen LogP contribution in [-0.2, 0) is 21.9 Å². The Kier molecular flexibility index (Phi) is 6.33. The number of methoxy groups -OCH3 is 1. The number of hydrogen-bond acceptors (Lipinski definition) is 6. The van der Waals surface area contributed by atoms with Crippen LogP contribution in [0.1, 0.15) is 22.3 Å². The van der Waals surface area contributed by atoms with Crippen LogP contribution in [0, 0.1) is 6.92 Å². The molecule has 0 radical (unpaired) electrons. The number of aromatic nitrogens is 2. The molecule has 2 aromatic heterocycles. The van der Waals surface area contributed by atoms with Crippen LogP contribution < -0.4 is 10.5 Å². The molecule has 0 aliphatic rings. The average molecular weight is 465 g/mol. The number of nitrogens with zero attached hydrogens (tertiary/aromatic N) is 2. The Hall–Kier alpha value is -3.45. The SMILES string of the molecule is COc1ccc(CCc2cnc3c(N)nc4cc(C=COP(=O)(O)O)ccc4c3c2)c(C)c1. The Morgan fingerprint density at radius 3 is 2.64 bits per heavy atom. The first-order valence-electron chi connectivity index (χ1n) is 10.3. The summed E-state index contributed by atoms with van der Waals surface area (Å²) in [5.41, 5.74) is 11.6. The predicted octanol–water partition coefficient (Wildman–Crippen LogP) is 4.55. The molecule has 0 unspecified atom stereocenters. The first-order chi connectivity index (χ1) is 15.7.